The van der Waals surface area contributed by atoms with E-state index in [9.17, 15) is 4.79 Å². The maximum absolute atomic E-state index is 11.8. The van der Waals surface area contributed by atoms with Gasteiger partial charge in [0.15, 0.2) is 0 Å². The standard InChI is InChI=1S/C13H20N2O2S/c1-2-11-3-4-12(18-11)8-15-13(16)7-10-9-17-6-5-14-10/h3-4,10,14H,2,5-9H2,1H3,(H,15,16). The summed E-state index contributed by atoms with van der Waals surface area (Å²) in [6.45, 7) is 4.99. The van der Waals surface area contributed by atoms with Crippen LogP contribution in [0.15, 0.2) is 12.1 Å². The van der Waals surface area contributed by atoms with Crippen LogP contribution in [0.4, 0.5) is 0 Å². The quantitative estimate of drug-likeness (QED) is 0.846. The van der Waals surface area contributed by atoms with E-state index >= 15 is 0 Å². The Morgan fingerprint density at radius 3 is 3.06 bits per heavy atom. The van der Waals surface area contributed by atoms with E-state index in [1.807, 2.05) is 0 Å². The summed E-state index contributed by atoms with van der Waals surface area (Å²) in [6.07, 6.45) is 1.55. The predicted molar refractivity (Wildman–Crippen MR) is 72.8 cm³/mol. The van der Waals surface area contributed by atoms with Gasteiger partial charge in [0.05, 0.1) is 19.8 Å². The molecule has 0 bridgehead atoms. The van der Waals surface area contributed by atoms with Crippen LogP contribution in [-0.4, -0.2) is 31.7 Å². The molecule has 0 spiro atoms. The smallest absolute Gasteiger partial charge is 0.221 e. The molecule has 1 saturated heterocycles. The summed E-state index contributed by atoms with van der Waals surface area (Å²) in [6, 6.07) is 4.38. The lowest BCUT2D eigenvalue weighted by molar-refractivity contribution is -0.122. The Labute approximate surface area is 112 Å². The Hall–Kier alpha value is -0.910. The Morgan fingerprint density at radius 2 is 2.39 bits per heavy atom. The first kappa shape index (κ1) is 13.5. The monoisotopic (exact) mass is 268 g/mol. The van der Waals surface area contributed by atoms with Crippen molar-refractivity contribution in [2.75, 3.05) is 19.8 Å². The Bertz CT molecular complexity index is 386. The van der Waals surface area contributed by atoms with E-state index in [0.717, 1.165) is 19.6 Å². The fraction of sp³-hybridized carbons (Fsp3) is 0.615. The Kier molecular flexibility index (Phi) is 5.16. The molecule has 1 fully saturated rings. The average molecular weight is 268 g/mol. The van der Waals surface area contributed by atoms with Gasteiger partial charge in [-0.05, 0) is 18.6 Å². The second-order valence-electron chi connectivity index (χ2n) is 4.43. The second-order valence-corrected chi connectivity index (χ2v) is 5.68. The van der Waals surface area contributed by atoms with Gasteiger partial charge < -0.3 is 15.4 Å². The van der Waals surface area contributed by atoms with Crippen molar-refractivity contribution in [3.8, 4) is 0 Å². The number of rotatable bonds is 5. The summed E-state index contributed by atoms with van der Waals surface area (Å²) in [5.41, 5.74) is 0. The van der Waals surface area contributed by atoms with Crippen LogP contribution in [0.2, 0.25) is 0 Å². The average Bonchev–Trinajstić information content (AvgIpc) is 2.85. The zero-order valence-corrected chi connectivity index (χ0v) is 11.5. The number of hydrogen-bond donors (Lipinski definition) is 2. The zero-order chi connectivity index (χ0) is 12.8. The highest BCUT2D eigenvalue weighted by atomic mass is 32.1. The van der Waals surface area contributed by atoms with Crippen molar-refractivity contribution in [1.29, 1.82) is 0 Å². The summed E-state index contributed by atoms with van der Waals surface area (Å²) >= 11 is 1.77. The highest BCUT2D eigenvalue weighted by molar-refractivity contribution is 7.11. The molecule has 0 radical (unpaired) electrons. The normalized spacial score (nSPS) is 19.7. The van der Waals surface area contributed by atoms with E-state index in [0.29, 0.717) is 19.6 Å². The molecule has 0 aromatic carbocycles. The minimum atomic E-state index is 0.0875. The van der Waals surface area contributed by atoms with Crippen LogP contribution in [0.25, 0.3) is 0 Å². The van der Waals surface area contributed by atoms with E-state index in [2.05, 4.69) is 29.7 Å². The van der Waals surface area contributed by atoms with Gasteiger partial charge in [-0.15, -0.1) is 11.3 Å². The number of morpholine rings is 1. The minimum absolute atomic E-state index is 0.0875. The molecule has 1 unspecified atom stereocenters. The van der Waals surface area contributed by atoms with E-state index < -0.39 is 0 Å². The second kappa shape index (κ2) is 6.87. The number of hydrogen-bond acceptors (Lipinski definition) is 4. The van der Waals surface area contributed by atoms with Crippen molar-refractivity contribution >= 4 is 17.2 Å². The van der Waals surface area contributed by atoms with Crippen molar-refractivity contribution in [3.05, 3.63) is 21.9 Å². The third-order valence-electron chi connectivity index (χ3n) is 2.96. The largest absolute Gasteiger partial charge is 0.378 e. The SMILES string of the molecule is CCc1ccc(CNC(=O)CC2COCCN2)s1. The van der Waals surface area contributed by atoms with Crippen molar-refractivity contribution in [1.82, 2.24) is 10.6 Å². The van der Waals surface area contributed by atoms with Crippen molar-refractivity contribution in [2.24, 2.45) is 0 Å². The topological polar surface area (TPSA) is 50.4 Å². The summed E-state index contributed by atoms with van der Waals surface area (Å²) in [5, 5.41) is 6.24. The van der Waals surface area contributed by atoms with Crippen LogP contribution in [0.5, 0.6) is 0 Å². The number of nitrogens with one attached hydrogen (secondary N) is 2. The Balaban J connectivity index is 1.70. The van der Waals surface area contributed by atoms with Gasteiger partial charge in [-0.1, -0.05) is 6.92 Å². The molecule has 5 heteroatoms. The van der Waals surface area contributed by atoms with Crippen LogP contribution < -0.4 is 10.6 Å². The van der Waals surface area contributed by atoms with Gasteiger partial charge in [-0.3, -0.25) is 4.79 Å². The number of ether oxygens (including phenoxy) is 1. The first-order valence-corrected chi connectivity index (χ1v) is 7.25. The fourth-order valence-corrected chi connectivity index (χ4v) is 2.84. The van der Waals surface area contributed by atoms with Crippen molar-refractivity contribution < 1.29 is 9.53 Å². The van der Waals surface area contributed by atoms with Gasteiger partial charge >= 0.3 is 0 Å². The summed E-state index contributed by atoms with van der Waals surface area (Å²) < 4.78 is 5.32. The number of aryl methyl sites for hydroxylation is 1. The molecule has 0 saturated carbocycles. The maximum Gasteiger partial charge on any atom is 0.221 e. The van der Waals surface area contributed by atoms with Gasteiger partial charge in [-0.2, -0.15) is 0 Å². The molecule has 18 heavy (non-hydrogen) atoms. The highest BCUT2D eigenvalue weighted by Crippen LogP contribution is 2.16. The first-order chi connectivity index (χ1) is 8.78. The number of carbonyl (C=O) groups excluding carboxylic acids is 1. The fourth-order valence-electron chi connectivity index (χ4n) is 1.94. The summed E-state index contributed by atoms with van der Waals surface area (Å²) in [4.78, 5) is 14.3. The predicted octanol–water partition coefficient (Wildman–Crippen LogP) is 1.31. The molecule has 1 atom stereocenters. The molecule has 2 rings (SSSR count). The molecule has 1 amide bonds. The number of carbonyl (C=O) groups is 1. The van der Waals surface area contributed by atoms with Crippen molar-refractivity contribution in [2.45, 2.75) is 32.4 Å². The van der Waals surface area contributed by atoms with Gasteiger partial charge in [-0.25, -0.2) is 0 Å². The zero-order valence-electron chi connectivity index (χ0n) is 10.7. The van der Waals surface area contributed by atoms with Gasteiger partial charge in [0, 0.05) is 28.8 Å². The van der Waals surface area contributed by atoms with Crippen LogP contribution in [0.3, 0.4) is 0 Å². The number of amides is 1. The lowest BCUT2D eigenvalue weighted by Crippen LogP contribution is -2.44. The van der Waals surface area contributed by atoms with E-state index in [1.54, 1.807) is 11.3 Å². The molecule has 1 aromatic heterocycles. The molecule has 100 valence electrons. The van der Waals surface area contributed by atoms with Crippen LogP contribution in [0.1, 0.15) is 23.1 Å². The third kappa shape index (κ3) is 4.08. The molecular formula is C13H20N2O2S. The number of thiophene rings is 1. The Morgan fingerprint density at radius 1 is 1.56 bits per heavy atom. The highest BCUT2D eigenvalue weighted by Gasteiger charge is 2.16. The lowest BCUT2D eigenvalue weighted by atomic mass is 10.2. The van der Waals surface area contributed by atoms with Crippen molar-refractivity contribution in [3.63, 3.8) is 0 Å². The first-order valence-electron chi connectivity index (χ1n) is 6.43. The van der Waals surface area contributed by atoms with Crippen LogP contribution in [-0.2, 0) is 22.5 Å². The van der Waals surface area contributed by atoms with Gasteiger partial charge in [0.2, 0.25) is 5.91 Å². The molecular weight excluding hydrogens is 248 g/mol. The molecule has 2 heterocycles. The van der Waals surface area contributed by atoms with E-state index in [1.165, 1.54) is 9.75 Å². The molecule has 1 aliphatic heterocycles. The van der Waals surface area contributed by atoms with E-state index in [4.69, 9.17) is 4.74 Å². The van der Waals surface area contributed by atoms with Gasteiger partial charge in [0.25, 0.3) is 0 Å². The summed E-state index contributed by atoms with van der Waals surface area (Å²) in [5.74, 6) is 0.0875. The van der Waals surface area contributed by atoms with Gasteiger partial charge in [0.1, 0.15) is 0 Å². The summed E-state index contributed by atoms with van der Waals surface area (Å²) in [7, 11) is 0. The lowest BCUT2D eigenvalue weighted by Gasteiger charge is -2.23. The molecule has 1 aliphatic rings. The van der Waals surface area contributed by atoms with E-state index in [-0.39, 0.29) is 11.9 Å². The maximum atomic E-state index is 11.8. The molecule has 2 N–H and O–H groups in total. The molecule has 1 aromatic rings. The van der Waals surface area contributed by atoms with Crippen LogP contribution in [0, 0.1) is 0 Å². The van der Waals surface area contributed by atoms with Crippen LogP contribution >= 0.6 is 11.3 Å². The third-order valence-corrected chi connectivity index (χ3v) is 4.19. The molecule has 0 aliphatic carbocycles. The molecule has 4 nitrogen and oxygen atoms in total. The minimum Gasteiger partial charge on any atom is -0.378 e.